The van der Waals surface area contributed by atoms with E-state index in [1.54, 1.807) is 12.1 Å². The Labute approximate surface area is 141 Å². The van der Waals surface area contributed by atoms with Crippen LogP contribution in [-0.4, -0.2) is 10.9 Å². The summed E-state index contributed by atoms with van der Waals surface area (Å²) in [5.74, 6) is 2.31. The van der Waals surface area contributed by atoms with Crippen LogP contribution in [0.15, 0.2) is 24.3 Å². The van der Waals surface area contributed by atoms with Crippen LogP contribution < -0.4 is 0 Å². The van der Waals surface area contributed by atoms with Crippen LogP contribution in [0.5, 0.6) is 0 Å². The summed E-state index contributed by atoms with van der Waals surface area (Å²) in [6.07, 6.45) is 8.16. The summed E-state index contributed by atoms with van der Waals surface area (Å²) in [7, 11) is 0. The fourth-order valence-electron chi connectivity index (χ4n) is 5.79. The highest BCUT2D eigenvalue weighted by Gasteiger charge is 2.51. The molecular formula is C19H23NO4. The molecule has 4 bridgehead atoms. The molecule has 4 saturated carbocycles. The predicted octanol–water partition coefficient (Wildman–Crippen LogP) is 4.24. The molecule has 5 heteroatoms. The van der Waals surface area contributed by atoms with Crippen LogP contribution in [0.25, 0.3) is 0 Å². The van der Waals surface area contributed by atoms with Crippen molar-refractivity contribution in [2.45, 2.75) is 51.6 Å². The number of carbonyl (C=O) groups is 1. The van der Waals surface area contributed by atoms with Crippen molar-refractivity contribution in [3.63, 3.8) is 0 Å². The van der Waals surface area contributed by atoms with Crippen LogP contribution in [0.2, 0.25) is 0 Å². The van der Waals surface area contributed by atoms with Crippen molar-refractivity contribution in [1.29, 1.82) is 0 Å². The number of nitro groups is 1. The summed E-state index contributed by atoms with van der Waals surface area (Å²) in [4.78, 5) is 22.7. The number of ether oxygens (including phenoxy) is 1. The maximum absolute atomic E-state index is 12.4. The van der Waals surface area contributed by atoms with Crippen molar-refractivity contribution in [1.82, 2.24) is 0 Å². The van der Waals surface area contributed by atoms with Gasteiger partial charge in [-0.15, -0.1) is 0 Å². The average Bonchev–Trinajstić information content (AvgIpc) is 2.51. The van der Waals surface area contributed by atoms with Gasteiger partial charge in [-0.3, -0.25) is 14.9 Å². The minimum atomic E-state index is -0.430. The minimum Gasteiger partial charge on any atom is -0.461 e. The van der Waals surface area contributed by atoms with E-state index in [0.717, 1.165) is 17.8 Å². The molecule has 128 valence electrons. The molecule has 4 aliphatic carbocycles. The van der Waals surface area contributed by atoms with Gasteiger partial charge in [-0.1, -0.05) is 12.1 Å². The van der Waals surface area contributed by atoms with Crippen LogP contribution in [0.1, 0.15) is 50.5 Å². The second-order valence-corrected chi connectivity index (χ2v) is 8.18. The van der Waals surface area contributed by atoms with Gasteiger partial charge in [0.2, 0.25) is 0 Å². The fourth-order valence-corrected chi connectivity index (χ4v) is 5.79. The van der Waals surface area contributed by atoms with Gasteiger partial charge in [-0.05, 0) is 67.3 Å². The van der Waals surface area contributed by atoms with E-state index in [0.29, 0.717) is 12.0 Å². The fraction of sp³-hybridized carbons (Fsp3) is 0.632. The lowest BCUT2D eigenvalue weighted by Crippen LogP contribution is -2.47. The highest BCUT2D eigenvalue weighted by atomic mass is 16.6. The van der Waals surface area contributed by atoms with Gasteiger partial charge in [0.15, 0.2) is 0 Å². The lowest BCUT2D eigenvalue weighted by molar-refractivity contribution is -0.384. The standard InChI is InChI=1S/C19H23NO4/c21-18(24-12-13-2-1-3-17(7-13)20(22)23)11-19-8-14-4-15(9-19)6-16(5-14)10-19/h1-3,7,14-16H,4-6,8-12H2. The lowest BCUT2D eigenvalue weighted by Gasteiger charge is -2.56. The third-order valence-electron chi connectivity index (χ3n) is 6.21. The molecule has 0 unspecified atom stereocenters. The lowest BCUT2D eigenvalue weighted by atomic mass is 9.49. The molecule has 0 heterocycles. The highest BCUT2D eigenvalue weighted by Crippen LogP contribution is 2.61. The Morgan fingerprint density at radius 2 is 1.79 bits per heavy atom. The Kier molecular flexibility index (Phi) is 3.82. The van der Waals surface area contributed by atoms with Crippen LogP contribution in [0.4, 0.5) is 5.69 Å². The van der Waals surface area contributed by atoms with Crippen molar-refractivity contribution in [3.8, 4) is 0 Å². The van der Waals surface area contributed by atoms with Crippen molar-refractivity contribution < 1.29 is 14.5 Å². The molecule has 0 N–H and O–H groups in total. The molecule has 0 radical (unpaired) electrons. The maximum Gasteiger partial charge on any atom is 0.306 e. The normalized spacial score (nSPS) is 33.4. The number of carbonyl (C=O) groups excluding carboxylic acids is 1. The molecule has 0 amide bonds. The zero-order valence-electron chi connectivity index (χ0n) is 13.8. The number of hydrogen-bond acceptors (Lipinski definition) is 4. The highest BCUT2D eigenvalue weighted by molar-refractivity contribution is 5.70. The Morgan fingerprint density at radius 1 is 1.17 bits per heavy atom. The SMILES string of the molecule is O=C(CC12CC3CC(CC(C3)C1)C2)OCc1cccc([N+](=O)[O-])c1. The summed E-state index contributed by atoms with van der Waals surface area (Å²) in [5.41, 5.74) is 0.877. The minimum absolute atomic E-state index is 0.0321. The van der Waals surface area contributed by atoms with E-state index in [-0.39, 0.29) is 23.7 Å². The van der Waals surface area contributed by atoms with Gasteiger partial charge in [0.05, 0.1) is 11.3 Å². The molecule has 4 fully saturated rings. The van der Waals surface area contributed by atoms with Crippen LogP contribution in [-0.2, 0) is 16.1 Å². The Bertz CT molecular complexity index is 634. The van der Waals surface area contributed by atoms with Crippen molar-refractivity contribution in [2.24, 2.45) is 23.2 Å². The van der Waals surface area contributed by atoms with Crippen molar-refractivity contribution >= 4 is 11.7 Å². The first-order valence-corrected chi connectivity index (χ1v) is 8.90. The molecule has 0 aromatic heterocycles. The number of esters is 1. The van der Waals surface area contributed by atoms with E-state index >= 15 is 0 Å². The molecule has 0 spiro atoms. The third-order valence-corrected chi connectivity index (χ3v) is 6.21. The van der Waals surface area contributed by atoms with Gasteiger partial charge in [0.1, 0.15) is 6.61 Å². The molecule has 1 aromatic rings. The van der Waals surface area contributed by atoms with Gasteiger partial charge in [0.25, 0.3) is 5.69 Å². The van der Waals surface area contributed by atoms with Gasteiger partial charge in [-0.25, -0.2) is 0 Å². The van der Waals surface area contributed by atoms with E-state index in [1.165, 1.54) is 50.7 Å². The Balaban J connectivity index is 1.36. The van der Waals surface area contributed by atoms with E-state index < -0.39 is 4.92 Å². The first-order chi connectivity index (χ1) is 11.5. The predicted molar refractivity (Wildman–Crippen MR) is 88.1 cm³/mol. The van der Waals surface area contributed by atoms with Gasteiger partial charge < -0.3 is 4.74 Å². The molecule has 1 aromatic carbocycles. The smallest absolute Gasteiger partial charge is 0.306 e. The monoisotopic (exact) mass is 329 g/mol. The number of benzene rings is 1. The zero-order valence-corrected chi connectivity index (χ0v) is 13.8. The van der Waals surface area contributed by atoms with Crippen LogP contribution in [0.3, 0.4) is 0 Å². The summed E-state index contributed by atoms with van der Waals surface area (Å²) >= 11 is 0. The van der Waals surface area contributed by atoms with E-state index in [9.17, 15) is 14.9 Å². The first kappa shape index (κ1) is 15.6. The summed E-state index contributed by atoms with van der Waals surface area (Å²) in [6, 6.07) is 6.30. The Hall–Kier alpha value is -1.91. The Morgan fingerprint density at radius 3 is 2.38 bits per heavy atom. The van der Waals surface area contributed by atoms with E-state index in [4.69, 9.17) is 4.74 Å². The summed E-state index contributed by atoms with van der Waals surface area (Å²) in [6.45, 7) is 0.118. The van der Waals surface area contributed by atoms with Crippen LogP contribution >= 0.6 is 0 Å². The molecule has 0 saturated heterocycles. The number of nitro benzene ring substituents is 1. The third kappa shape index (κ3) is 3.04. The summed E-state index contributed by atoms with van der Waals surface area (Å²) in [5, 5.41) is 10.8. The summed E-state index contributed by atoms with van der Waals surface area (Å²) < 4.78 is 5.44. The molecular weight excluding hydrogens is 306 g/mol. The average molecular weight is 329 g/mol. The van der Waals surface area contributed by atoms with E-state index in [2.05, 4.69) is 0 Å². The topological polar surface area (TPSA) is 69.4 Å². The molecule has 24 heavy (non-hydrogen) atoms. The van der Waals surface area contributed by atoms with Gasteiger partial charge in [0, 0.05) is 12.1 Å². The van der Waals surface area contributed by atoms with Crippen molar-refractivity contribution in [3.05, 3.63) is 39.9 Å². The maximum atomic E-state index is 12.4. The molecule has 5 nitrogen and oxygen atoms in total. The number of nitrogens with zero attached hydrogens (tertiary/aromatic N) is 1. The largest absolute Gasteiger partial charge is 0.461 e. The van der Waals surface area contributed by atoms with Gasteiger partial charge >= 0.3 is 5.97 Å². The second kappa shape index (κ2) is 5.87. The van der Waals surface area contributed by atoms with Crippen LogP contribution in [0, 0.1) is 33.3 Å². The second-order valence-electron chi connectivity index (χ2n) is 8.18. The van der Waals surface area contributed by atoms with E-state index in [1.807, 2.05) is 0 Å². The zero-order chi connectivity index (χ0) is 16.7. The first-order valence-electron chi connectivity index (χ1n) is 8.90. The quantitative estimate of drug-likeness (QED) is 0.460. The molecule has 0 atom stereocenters. The molecule has 5 rings (SSSR count). The van der Waals surface area contributed by atoms with Gasteiger partial charge in [-0.2, -0.15) is 0 Å². The number of non-ortho nitro benzene ring substituents is 1. The molecule has 0 aliphatic heterocycles. The van der Waals surface area contributed by atoms with Crippen molar-refractivity contribution in [2.75, 3.05) is 0 Å². The number of rotatable bonds is 5. The number of hydrogen-bond donors (Lipinski definition) is 0. The molecule has 4 aliphatic rings.